The minimum absolute atomic E-state index is 0.592. The summed E-state index contributed by atoms with van der Waals surface area (Å²) in [7, 11) is 0. The minimum atomic E-state index is 0.592. The highest BCUT2D eigenvalue weighted by molar-refractivity contribution is 9.10. The number of hydrogen-bond donors (Lipinski definition) is 3. The SMILES string of the molecule is CSc1nc(NN)cc(NCc2ccccc2Br)n1. The average molecular weight is 340 g/mol. The molecular weight excluding hydrogens is 326 g/mol. The van der Waals surface area contributed by atoms with Crippen molar-refractivity contribution in [2.75, 3.05) is 17.0 Å². The van der Waals surface area contributed by atoms with Gasteiger partial charge in [0.15, 0.2) is 5.16 Å². The van der Waals surface area contributed by atoms with Crippen LogP contribution in [0.4, 0.5) is 11.6 Å². The highest BCUT2D eigenvalue weighted by Crippen LogP contribution is 2.19. The molecule has 0 aliphatic carbocycles. The van der Waals surface area contributed by atoms with E-state index in [1.807, 2.05) is 24.5 Å². The largest absolute Gasteiger partial charge is 0.366 e. The number of hydrogen-bond acceptors (Lipinski definition) is 6. The lowest BCUT2D eigenvalue weighted by atomic mass is 10.2. The Kier molecular flexibility index (Phi) is 5.00. The molecule has 4 N–H and O–H groups in total. The number of thioether (sulfide) groups is 1. The van der Waals surface area contributed by atoms with Gasteiger partial charge in [-0.25, -0.2) is 15.8 Å². The second kappa shape index (κ2) is 6.74. The number of nitrogen functional groups attached to an aromatic ring is 1. The van der Waals surface area contributed by atoms with Crippen LogP contribution in [0, 0.1) is 0 Å². The van der Waals surface area contributed by atoms with Crippen molar-refractivity contribution >= 4 is 39.3 Å². The van der Waals surface area contributed by atoms with E-state index in [1.54, 1.807) is 6.07 Å². The van der Waals surface area contributed by atoms with Crippen LogP contribution in [0.15, 0.2) is 40.0 Å². The molecule has 0 spiro atoms. The first-order valence-corrected chi connectivity index (χ1v) is 7.61. The summed E-state index contributed by atoms with van der Waals surface area (Å²) in [4.78, 5) is 8.58. The van der Waals surface area contributed by atoms with Gasteiger partial charge in [-0.3, -0.25) is 0 Å². The van der Waals surface area contributed by atoms with Crippen LogP contribution >= 0.6 is 27.7 Å². The zero-order chi connectivity index (χ0) is 13.7. The number of halogens is 1. The Morgan fingerprint density at radius 3 is 2.68 bits per heavy atom. The molecule has 0 unspecified atom stereocenters. The average Bonchev–Trinajstić information content (AvgIpc) is 2.46. The molecule has 0 saturated carbocycles. The molecule has 0 aliphatic rings. The molecule has 0 radical (unpaired) electrons. The first-order valence-electron chi connectivity index (χ1n) is 5.60. The highest BCUT2D eigenvalue weighted by Gasteiger charge is 2.04. The van der Waals surface area contributed by atoms with E-state index in [0.717, 1.165) is 15.9 Å². The molecule has 1 heterocycles. The molecule has 19 heavy (non-hydrogen) atoms. The van der Waals surface area contributed by atoms with Gasteiger partial charge in [-0.1, -0.05) is 45.9 Å². The van der Waals surface area contributed by atoms with Gasteiger partial charge < -0.3 is 10.7 Å². The summed E-state index contributed by atoms with van der Waals surface area (Å²) >= 11 is 4.99. The fourth-order valence-corrected chi connectivity index (χ4v) is 2.31. The maximum atomic E-state index is 5.39. The summed E-state index contributed by atoms with van der Waals surface area (Å²) in [5.41, 5.74) is 3.70. The smallest absolute Gasteiger partial charge is 0.191 e. The van der Waals surface area contributed by atoms with Gasteiger partial charge in [0.25, 0.3) is 0 Å². The summed E-state index contributed by atoms with van der Waals surface area (Å²) in [6, 6.07) is 9.83. The molecule has 0 fully saturated rings. The molecule has 2 rings (SSSR count). The maximum Gasteiger partial charge on any atom is 0.191 e. The minimum Gasteiger partial charge on any atom is -0.366 e. The van der Waals surface area contributed by atoms with Crippen LogP contribution in [0.2, 0.25) is 0 Å². The molecule has 0 aliphatic heterocycles. The predicted octanol–water partition coefficient (Wildman–Crippen LogP) is 2.86. The van der Waals surface area contributed by atoms with Gasteiger partial charge in [0.2, 0.25) is 0 Å². The van der Waals surface area contributed by atoms with E-state index >= 15 is 0 Å². The van der Waals surface area contributed by atoms with Crippen molar-refractivity contribution in [3.8, 4) is 0 Å². The zero-order valence-corrected chi connectivity index (χ0v) is 12.8. The van der Waals surface area contributed by atoms with E-state index in [9.17, 15) is 0 Å². The van der Waals surface area contributed by atoms with Crippen molar-refractivity contribution in [3.63, 3.8) is 0 Å². The number of rotatable bonds is 5. The van der Waals surface area contributed by atoms with Crippen molar-refractivity contribution in [1.29, 1.82) is 0 Å². The van der Waals surface area contributed by atoms with Crippen LogP contribution in [0.25, 0.3) is 0 Å². The number of benzene rings is 1. The van der Waals surface area contributed by atoms with E-state index in [0.29, 0.717) is 17.5 Å². The van der Waals surface area contributed by atoms with E-state index in [-0.39, 0.29) is 0 Å². The highest BCUT2D eigenvalue weighted by atomic mass is 79.9. The normalized spacial score (nSPS) is 10.3. The number of nitrogens with zero attached hydrogens (tertiary/aromatic N) is 2. The van der Waals surface area contributed by atoms with Crippen molar-refractivity contribution in [1.82, 2.24) is 9.97 Å². The summed E-state index contributed by atoms with van der Waals surface area (Å²) in [6.07, 6.45) is 1.92. The van der Waals surface area contributed by atoms with Crippen molar-refractivity contribution < 1.29 is 0 Å². The molecule has 0 bridgehead atoms. The Hall–Kier alpha value is -1.31. The number of hydrazine groups is 1. The van der Waals surface area contributed by atoms with Gasteiger partial charge in [-0.15, -0.1) is 0 Å². The van der Waals surface area contributed by atoms with Gasteiger partial charge in [-0.2, -0.15) is 0 Å². The van der Waals surface area contributed by atoms with Crippen molar-refractivity contribution in [3.05, 3.63) is 40.4 Å². The van der Waals surface area contributed by atoms with Gasteiger partial charge in [0.05, 0.1) is 0 Å². The van der Waals surface area contributed by atoms with Gasteiger partial charge in [0.1, 0.15) is 11.6 Å². The number of aromatic nitrogens is 2. The molecule has 0 amide bonds. The predicted molar refractivity (Wildman–Crippen MR) is 83.1 cm³/mol. The molecular formula is C12H14BrN5S. The third kappa shape index (κ3) is 3.82. The monoisotopic (exact) mass is 339 g/mol. The van der Waals surface area contributed by atoms with Crippen LogP contribution in [0.3, 0.4) is 0 Å². The zero-order valence-electron chi connectivity index (χ0n) is 10.4. The fraction of sp³-hybridized carbons (Fsp3) is 0.167. The molecule has 5 nitrogen and oxygen atoms in total. The Balaban J connectivity index is 2.13. The number of nitrogens with one attached hydrogen (secondary N) is 2. The lowest BCUT2D eigenvalue weighted by Gasteiger charge is -2.09. The molecule has 2 aromatic rings. The summed E-state index contributed by atoms with van der Waals surface area (Å²) in [5, 5.41) is 3.93. The quantitative estimate of drug-likeness (QED) is 0.336. The maximum absolute atomic E-state index is 5.39. The van der Waals surface area contributed by atoms with E-state index in [4.69, 9.17) is 5.84 Å². The van der Waals surface area contributed by atoms with E-state index < -0.39 is 0 Å². The number of anilines is 2. The summed E-state index contributed by atoms with van der Waals surface area (Å²) in [6.45, 7) is 0.677. The van der Waals surface area contributed by atoms with Crippen LogP contribution in [0.1, 0.15) is 5.56 Å². The van der Waals surface area contributed by atoms with Gasteiger partial charge in [0, 0.05) is 17.1 Å². The molecule has 7 heteroatoms. The molecule has 1 aromatic carbocycles. The first-order chi connectivity index (χ1) is 9.22. The van der Waals surface area contributed by atoms with Crippen molar-refractivity contribution in [2.45, 2.75) is 11.7 Å². The third-order valence-electron chi connectivity index (χ3n) is 2.45. The van der Waals surface area contributed by atoms with Crippen LogP contribution in [-0.2, 0) is 6.54 Å². The molecule has 0 saturated heterocycles. The van der Waals surface area contributed by atoms with Crippen LogP contribution in [-0.4, -0.2) is 16.2 Å². The fourth-order valence-electron chi connectivity index (χ4n) is 1.51. The van der Waals surface area contributed by atoms with Crippen LogP contribution in [0.5, 0.6) is 0 Å². The van der Waals surface area contributed by atoms with E-state index in [2.05, 4.69) is 42.7 Å². The molecule has 0 atom stereocenters. The first kappa shape index (κ1) is 14.1. The van der Waals surface area contributed by atoms with Gasteiger partial charge in [-0.05, 0) is 17.9 Å². The van der Waals surface area contributed by atoms with Crippen LogP contribution < -0.4 is 16.6 Å². The number of nitrogens with two attached hydrogens (primary N) is 1. The Labute approximate surface area is 124 Å². The standard InChI is InChI=1S/C12H14BrN5S/c1-19-12-16-10(6-11(17-12)18-14)15-7-8-4-2-3-5-9(8)13/h2-6H,7,14H2,1H3,(H2,15,16,17,18). The van der Waals surface area contributed by atoms with Crippen molar-refractivity contribution in [2.24, 2.45) is 5.84 Å². The second-order valence-corrected chi connectivity index (χ2v) is 5.34. The third-order valence-corrected chi connectivity index (χ3v) is 3.78. The summed E-state index contributed by atoms with van der Waals surface area (Å²) in [5.74, 6) is 6.72. The molecule has 100 valence electrons. The summed E-state index contributed by atoms with van der Waals surface area (Å²) < 4.78 is 1.07. The molecule has 1 aromatic heterocycles. The van der Waals surface area contributed by atoms with E-state index in [1.165, 1.54) is 11.8 Å². The lowest BCUT2D eigenvalue weighted by Crippen LogP contribution is -2.11. The van der Waals surface area contributed by atoms with Gasteiger partial charge >= 0.3 is 0 Å². The Morgan fingerprint density at radius 1 is 1.26 bits per heavy atom. The second-order valence-electron chi connectivity index (χ2n) is 3.71. The lowest BCUT2D eigenvalue weighted by molar-refractivity contribution is 0.952. The Morgan fingerprint density at radius 2 is 2.00 bits per heavy atom. The Bertz CT molecular complexity index is 541. The topological polar surface area (TPSA) is 75.9 Å².